The van der Waals surface area contributed by atoms with Crippen molar-refractivity contribution >= 4 is 16.8 Å². The number of aromatic nitrogens is 1. The van der Waals surface area contributed by atoms with Crippen LogP contribution in [0.15, 0.2) is 24.4 Å². The zero-order valence-corrected chi connectivity index (χ0v) is 11.8. The fourth-order valence-electron chi connectivity index (χ4n) is 2.23. The van der Waals surface area contributed by atoms with Gasteiger partial charge >= 0.3 is 0 Å². The van der Waals surface area contributed by atoms with Crippen LogP contribution in [-0.4, -0.2) is 42.4 Å². The first-order valence-electron chi connectivity index (χ1n) is 6.61. The Morgan fingerprint density at radius 1 is 1.50 bits per heavy atom. The van der Waals surface area contributed by atoms with Crippen molar-refractivity contribution < 1.29 is 14.6 Å². The number of aryl methyl sites for hydroxylation is 1. The van der Waals surface area contributed by atoms with Crippen LogP contribution in [0.5, 0.6) is 0 Å². The number of benzene rings is 1. The van der Waals surface area contributed by atoms with Crippen molar-refractivity contribution in [3.05, 3.63) is 35.5 Å². The molecule has 1 unspecified atom stereocenters. The molecule has 1 amide bonds. The highest BCUT2D eigenvalue weighted by molar-refractivity contribution is 5.90. The fourth-order valence-corrected chi connectivity index (χ4v) is 2.23. The second-order valence-electron chi connectivity index (χ2n) is 4.90. The van der Waals surface area contributed by atoms with E-state index in [1.54, 1.807) is 0 Å². The minimum Gasteiger partial charge on any atom is -0.389 e. The molecule has 0 fully saturated rings. The largest absolute Gasteiger partial charge is 0.389 e. The third-order valence-electron chi connectivity index (χ3n) is 3.25. The lowest BCUT2D eigenvalue weighted by molar-refractivity contribution is -0.121. The van der Waals surface area contributed by atoms with E-state index >= 15 is 0 Å². The molecule has 3 N–H and O–H groups in total. The summed E-state index contributed by atoms with van der Waals surface area (Å²) in [6.45, 7) is 2.45. The number of aromatic amines is 1. The number of carbonyl (C=O) groups is 1. The van der Waals surface area contributed by atoms with Crippen molar-refractivity contribution in [2.45, 2.75) is 19.4 Å². The normalized spacial score (nSPS) is 12.6. The van der Waals surface area contributed by atoms with Crippen LogP contribution in [0.4, 0.5) is 0 Å². The third-order valence-corrected chi connectivity index (χ3v) is 3.25. The summed E-state index contributed by atoms with van der Waals surface area (Å²) in [6, 6.07) is 6.01. The van der Waals surface area contributed by atoms with Crippen LogP contribution in [0.1, 0.15) is 11.1 Å². The lowest BCUT2D eigenvalue weighted by Gasteiger charge is -2.10. The predicted octanol–water partition coefficient (Wildman–Crippen LogP) is 1.14. The molecule has 5 heteroatoms. The lowest BCUT2D eigenvalue weighted by atomic mass is 10.1. The maximum atomic E-state index is 11.9. The molecular formula is C15H20N2O3. The second kappa shape index (κ2) is 6.54. The number of aliphatic hydroxyl groups is 1. The van der Waals surface area contributed by atoms with Gasteiger partial charge in [-0.2, -0.15) is 0 Å². The van der Waals surface area contributed by atoms with Gasteiger partial charge in [-0.1, -0.05) is 18.2 Å². The average molecular weight is 276 g/mol. The molecule has 0 radical (unpaired) electrons. The number of hydrogen-bond acceptors (Lipinski definition) is 3. The topological polar surface area (TPSA) is 74.3 Å². The van der Waals surface area contributed by atoms with E-state index in [1.807, 2.05) is 31.3 Å². The first-order chi connectivity index (χ1) is 9.61. The van der Waals surface area contributed by atoms with Gasteiger partial charge in [-0.05, 0) is 18.1 Å². The van der Waals surface area contributed by atoms with Crippen molar-refractivity contribution in [1.82, 2.24) is 10.3 Å². The van der Waals surface area contributed by atoms with E-state index in [2.05, 4.69) is 10.3 Å². The predicted molar refractivity (Wildman–Crippen MR) is 77.6 cm³/mol. The number of methoxy groups -OCH3 is 1. The SMILES string of the molecule is COCC(O)CNC(=O)Cc1c[nH]c2c(C)cccc12. The van der Waals surface area contributed by atoms with Crippen molar-refractivity contribution in [1.29, 1.82) is 0 Å². The van der Waals surface area contributed by atoms with Crippen LogP contribution in [0.25, 0.3) is 10.9 Å². The molecule has 5 nitrogen and oxygen atoms in total. The monoisotopic (exact) mass is 276 g/mol. The van der Waals surface area contributed by atoms with Gasteiger partial charge in [-0.25, -0.2) is 0 Å². The lowest BCUT2D eigenvalue weighted by Crippen LogP contribution is -2.35. The molecule has 0 spiro atoms. The summed E-state index contributed by atoms with van der Waals surface area (Å²) < 4.78 is 4.81. The number of amides is 1. The number of carbonyl (C=O) groups excluding carboxylic acids is 1. The number of ether oxygens (including phenoxy) is 1. The maximum Gasteiger partial charge on any atom is 0.224 e. The van der Waals surface area contributed by atoms with Gasteiger partial charge in [0.1, 0.15) is 0 Å². The third kappa shape index (κ3) is 3.37. The highest BCUT2D eigenvalue weighted by Crippen LogP contribution is 2.21. The Bertz CT molecular complexity index is 592. The van der Waals surface area contributed by atoms with Crippen LogP contribution >= 0.6 is 0 Å². The number of hydrogen-bond donors (Lipinski definition) is 3. The summed E-state index contributed by atoms with van der Waals surface area (Å²) in [5, 5.41) is 13.3. The van der Waals surface area contributed by atoms with E-state index in [1.165, 1.54) is 7.11 Å². The molecule has 20 heavy (non-hydrogen) atoms. The van der Waals surface area contributed by atoms with Gasteiger partial charge in [0, 0.05) is 30.8 Å². The quantitative estimate of drug-likeness (QED) is 0.740. The van der Waals surface area contributed by atoms with Gasteiger partial charge in [0.05, 0.1) is 19.1 Å². The molecule has 2 aromatic rings. The molecule has 1 aromatic heterocycles. The van der Waals surface area contributed by atoms with Crippen LogP contribution in [0, 0.1) is 6.92 Å². The summed E-state index contributed by atoms with van der Waals surface area (Å²) in [6.07, 6.45) is 1.49. The van der Waals surface area contributed by atoms with E-state index in [0.29, 0.717) is 6.42 Å². The molecule has 0 bridgehead atoms. The zero-order valence-electron chi connectivity index (χ0n) is 11.8. The summed E-state index contributed by atoms with van der Waals surface area (Å²) >= 11 is 0. The Morgan fingerprint density at radius 3 is 3.05 bits per heavy atom. The summed E-state index contributed by atoms with van der Waals surface area (Å²) in [5.74, 6) is -0.109. The molecule has 1 atom stereocenters. The van der Waals surface area contributed by atoms with Gasteiger partial charge in [0.15, 0.2) is 0 Å². The van der Waals surface area contributed by atoms with Gasteiger partial charge in [0.25, 0.3) is 0 Å². The minimum absolute atomic E-state index is 0.109. The van der Waals surface area contributed by atoms with Crippen LogP contribution in [0.3, 0.4) is 0 Å². The Hall–Kier alpha value is -1.85. The number of rotatable bonds is 6. The average Bonchev–Trinajstić information content (AvgIpc) is 2.82. The second-order valence-corrected chi connectivity index (χ2v) is 4.90. The van der Waals surface area contributed by atoms with Crippen molar-refractivity contribution in [2.24, 2.45) is 0 Å². The molecule has 1 aromatic carbocycles. The number of fused-ring (bicyclic) bond motifs is 1. The number of H-pyrrole nitrogens is 1. The zero-order chi connectivity index (χ0) is 14.5. The highest BCUT2D eigenvalue weighted by atomic mass is 16.5. The highest BCUT2D eigenvalue weighted by Gasteiger charge is 2.11. The van der Waals surface area contributed by atoms with Gasteiger partial charge in [0.2, 0.25) is 5.91 Å². The molecule has 0 saturated carbocycles. The molecule has 108 valence electrons. The van der Waals surface area contributed by atoms with E-state index in [9.17, 15) is 9.90 Å². The van der Waals surface area contributed by atoms with Crippen molar-refractivity contribution in [3.63, 3.8) is 0 Å². The van der Waals surface area contributed by atoms with Crippen LogP contribution < -0.4 is 5.32 Å². The molecule has 2 rings (SSSR count). The van der Waals surface area contributed by atoms with E-state index in [-0.39, 0.29) is 19.1 Å². The first kappa shape index (κ1) is 14.6. The molecule has 0 saturated heterocycles. The maximum absolute atomic E-state index is 11.9. The first-order valence-corrected chi connectivity index (χ1v) is 6.61. The number of nitrogens with one attached hydrogen (secondary N) is 2. The Kier molecular flexibility index (Phi) is 4.76. The summed E-state index contributed by atoms with van der Waals surface area (Å²) in [4.78, 5) is 15.1. The van der Waals surface area contributed by atoms with Crippen LogP contribution in [-0.2, 0) is 16.0 Å². The Balaban J connectivity index is 1.98. The van der Waals surface area contributed by atoms with Gasteiger partial charge in [-0.3, -0.25) is 4.79 Å². The van der Waals surface area contributed by atoms with E-state index < -0.39 is 6.10 Å². The van der Waals surface area contributed by atoms with Crippen molar-refractivity contribution in [3.8, 4) is 0 Å². The minimum atomic E-state index is -0.672. The van der Waals surface area contributed by atoms with E-state index in [4.69, 9.17) is 4.74 Å². The van der Waals surface area contributed by atoms with Gasteiger partial charge in [-0.15, -0.1) is 0 Å². The molecule has 0 aliphatic rings. The fraction of sp³-hybridized carbons (Fsp3) is 0.400. The molecule has 1 heterocycles. The van der Waals surface area contributed by atoms with Gasteiger partial charge < -0.3 is 20.1 Å². The Labute approximate surface area is 117 Å². The smallest absolute Gasteiger partial charge is 0.224 e. The van der Waals surface area contributed by atoms with Crippen molar-refractivity contribution in [2.75, 3.05) is 20.3 Å². The Morgan fingerprint density at radius 2 is 2.30 bits per heavy atom. The number of aliphatic hydroxyl groups excluding tert-OH is 1. The molecule has 0 aliphatic heterocycles. The molecular weight excluding hydrogens is 256 g/mol. The standard InChI is InChI=1S/C15H20N2O3/c1-10-4-3-5-13-11(7-17-15(10)13)6-14(19)16-8-12(18)9-20-2/h3-5,7,12,17-18H,6,8-9H2,1-2H3,(H,16,19). The molecule has 0 aliphatic carbocycles. The summed E-state index contributed by atoms with van der Waals surface area (Å²) in [7, 11) is 1.51. The number of para-hydroxylation sites is 1. The van der Waals surface area contributed by atoms with Crippen LogP contribution in [0.2, 0.25) is 0 Å². The van der Waals surface area contributed by atoms with E-state index in [0.717, 1.165) is 22.0 Å². The summed E-state index contributed by atoms with van der Waals surface area (Å²) in [5.41, 5.74) is 3.18.